The molecule has 1 aliphatic rings. The van der Waals surface area contributed by atoms with E-state index in [9.17, 15) is 4.79 Å². The van der Waals surface area contributed by atoms with E-state index in [0.29, 0.717) is 18.4 Å². The van der Waals surface area contributed by atoms with Crippen LogP contribution >= 0.6 is 0 Å². The van der Waals surface area contributed by atoms with E-state index in [0.717, 1.165) is 39.3 Å². The molecule has 0 saturated heterocycles. The molecule has 4 rings (SSSR count). The van der Waals surface area contributed by atoms with Crippen LogP contribution in [-0.2, 0) is 11.3 Å². The summed E-state index contributed by atoms with van der Waals surface area (Å²) < 4.78 is 11.9. The molecule has 0 aromatic heterocycles. The lowest BCUT2D eigenvalue weighted by Crippen LogP contribution is -2.21. The Kier molecular flexibility index (Phi) is 6.50. The lowest BCUT2D eigenvalue weighted by Gasteiger charge is -2.22. The van der Waals surface area contributed by atoms with Crippen LogP contribution in [0.15, 0.2) is 66.7 Å². The van der Waals surface area contributed by atoms with E-state index in [4.69, 9.17) is 9.47 Å². The average Bonchev–Trinajstić information content (AvgIpc) is 2.94. The Morgan fingerprint density at radius 2 is 1.53 bits per heavy atom. The van der Waals surface area contributed by atoms with Crippen LogP contribution in [-0.4, -0.2) is 12.7 Å². The third-order valence-electron chi connectivity index (χ3n) is 6.09. The minimum absolute atomic E-state index is 0.0828. The molecule has 1 unspecified atom stereocenters. The molecule has 166 valence electrons. The van der Waals surface area contributed by atoms with Gasteiger partial charge in [0.1, 0.15) is 19.0 Å². The fourth-order valence-corrected chi connectivity index (χ4v) is 4.40. The lowest BCUT2D eigenvalue weighted by atomic mass is 9.89. The molecule has 0 fully saturated rings. The van der Waals surface area contributed by atoms with Gasteiger partial charge < -0.3 is 9.47 Å². The van der Waals surface area contributed by atoms with Gasteiger partial charge in [-0.15, -0.1) is 0 Å². The zero-order chi connectivity index (χ0) is 22.7. The number of hydrogen-bond donors (Lipinski definition) is 1. The number of amides is 1. The van der Waals surface area contributed by atoms with Gasteiger partial charge in [0.05, 0.1) is 5.69 Å². The number of carbonyl (C=O) groups excluding carboxylic acids is 1. The first-order valence-electron chi connectivity index (χ1n) is 11.3. The summed E-state index contributed by atoms with van der Waals surface area (Å²) in [6, 6.07) is 22.4. The largest absolute Gasteiger partial charge is 0.489 e. The van der Waals surface area contributed by atoms with Gasteiger partial charge in [0, 0.05) is 11.5 Å². The molecule has 4 nitrogen and oxygen atoms in total. The predicted molar refractivity (Wildman–Crippen MR) is 129 cm³/mol. The van der Waals surface area contributed by atoms with E-state index in [1.807, 2.05) is 36.4 Å². The number of para-hydroxylation sites is 2. The van der Waals surface area contributed by atoms with Crippen molar-refractivity contribution in [3.8, 4) is 5.75 Å². The molecule has 1 N–H and O–H groups in total. The van der Waals surface area contributed by atoms with Crippen molar-refractivity contribution >= 4 is 11.8 Å². The molecule has 32 heavy (non-hydrogen) atoms. The zero-order valence-electron chi connectivity index (χ0n) is 19.2. The minimum atomic E-state index is -0.430. The van der Waals surface area contributed by atoms with Crippen molar-refractivity contribution in [1.82, 2.24) is 0 Å². The van der Waals surface area contributed by atoms with Crippen molar-refractivity contribution < 1.29 is 14.3 Å². The van der Waals surface area contributed by atoms with E-state index in [1.54, 1.807) is 0 Å². The van der Waals surface area contributed by atoms with E-state index in [2.05, 4.69) is 63.3 Å². The first-order chi connectivity index (χ1) is 15.5. The second kappa shape index (κ2) is 9.47. The molecule has 4 heteroatoms. The zero-order valence-corrected chi connectivity index (χ0v) is 19.2. The molecule has 0 radical (unpaired) electrons. The van der Waals surface area contributed by atoms with Crippen molar-refractivity contribution in [2.75, 3.05) is 11.9 Å². The molecular formula is C28H31NO3. The summed E-state index contributed by atoms with van der Waals surface area (Å²) in [5, 5.41) is 3.05. The first kappa shape index (κ1) is 21.9. The lowest BCUT2D eigenvalue weighted by molar-refractivity contribution is 0.157. The smallest absolute Gasteiger partial charge is 0.411 e. The predicted octanol–water partition coefficient (Wildman–Crippen LogP) is 7.21. The SMILES string of the molecule is CC(C)c1cccc(C(C)C)c1NC(=O)OCC1c2ccccc2COc2ccccc21. The van der Waals surface area contributed by atoms with Crippen LogP contribution in [0.1, 0.15) is 73.3 Å². The second-order valence-electron chi connectivity index (χ2n) is 8.92. The molecule has 0 spiro atoms. The fraction of sp³-hybridized carbons (Fsp3) is 0.321. The summed E-state index contributed by atoms with van der Waals surface area (Å²) in [6.07, 6.45) is -0.430. The Labute approximate surface area is 190 Å². The Balaban J connectivity index is 1.58. The fourth-order valence-electron chi connectivity index (χ4n) is 4.40. The highest BCUT2D eigenvalue weighted by Gasteiger charge is 2.26. The van der Waals surface area contributed by atoms with Crippen LogP contribution in [0.2, 0.25) is 0 Å². The summed E-state index contributed by atoms with van der Waals surface area (Å²) in [4.78, 5) is 13.0. The minimum Gasteiger partial charge on any atom is -0.489 e. The summed E-state index contributed by atoms with van der Waals surface area (Å²) in [6.45, 7) is 9.29. The molecule has 1 amide bonds. The number of rotatable bonds is 5. The Hall–Kier alpha value is -3.27. The first-order valence-corrected chi connectivity index (χ1v) is 11.3. The van der Waals surface area contributed by atoms with Gasteiger partial charge in [-0.25, -0.2) is 4.79 Å². The van der Waals surface area contributed by atoms with Gasteiger partial charge in [-0.1, -0.05) is 88.4 Å². The molecule has 1 atom stereocenters. The maximum absolute atomic E-state index is 13.0. The van der Waals surface area contributed by atoms with E-state index >= 15 is 0 Å². The van der Waals surface area contributed by atoms with Crippen molar-refractivity contribution in [1.29, 1.82) is 0 Å². The van der Waals surface area contributed by atoms with Gasteiger partial charge in [0.25, 0.3) is 0 Å². The third kappa shape index (κ3) is 4.50. The molecule has 3 aromatic carbocycles. The van der Waals surface area contributed by atoms with Gasteiger partial charge in [-0.2, -0.15) is 0 Å². The van der Waals surface area contributed by atoms with Crippen LogP contribution in [0.5, 0.6) is 5.75 Å². The summed E-state index contributed by atoms with van der Waals surface area (Å²) >= 11 is 0. The van der Waals surface area contributed by atoms with Crippen LogP contribution in [0.4, 0.5) is 10.5 Å². The summed E-state index contributed by atoms with van der Waals surface area (Å²) in [5.41, 5.74) is 6.39. The molecule has 0 bridgehead atoms. The molecular weight excluding hydrogens is 398 g/mol. The Bertz CT molecular complexity index is 1030. The molecule has 1 aliphatic heterocycles. The molecule has 0 saturated carbocycles. The van der Waals surface area contributed by atoms with Crippen LogP contribution < -0.4 is 10.1 Å². The molecule has 3 aromatic rings. The number of hydrogen-bond acceptors (Lipinski definition) is 3. The number of carbonyl (C=O) groups is 1. The van der Waals surface area contributed by atoms with Crippen molar-refractivity contribution in [2.24, 2.45) is 0 Å². The van der Waals surface area contributed by atoms with E-state index in [1.165, 1.54) is 0 Å². The Morgan fingerprint density at radius 1 is 0.906 bits per heavy atom. The van der Waals surface area contributed by atoms with Crippen LogP contribution in [0.3, 0.4) is 0 Å². The highest BCUT2D eigenvalue weighted by Crippen LogP contribution is 2.38. The van der Waals surface area contributed by atoms with Gasteiger partial charge in [-0.3, -0.25) is 5.32 Å². The number of ether oxygens (including phenoxy) is 2. The van der Waals surface area contributed by atoms with Crippen molar-refractivity contribution in [3.63, 3.8) is 0 Å². The van der Waals surface area contributed by atoms with Crippen LogP contribution in [0.25, 0.3) is 0 Å². The maximum atomic E-state index is 13.0. The third-order valence-corrected chi connectivity index (χ3v) is 6.09. The maximum Gasteiger partial charge on any atom is 0.411 e. The summed E-state index contributed by atoms with van der Waals surface area (Å²) in [5.74, 6) is 1.34. The van der Waals surface area contributed by atoms with Gasteiger partial charge in [0.2, 0.25) is 0 Å². The van der Waals surface area contributed by atoms with E-state index < -0.39 is 6.09 Å². The number of benzene rings is 3. The standard InChI is InChI=1S/C28H31NO3/c1-18(2)21-13-9-14-22(19(3)4)27(21)29-28(30)32-17-25-23-11-6-5-10-20(23)16-31-26-15-8-7-12-24(25)26/h5-15,18-19,25H,16-17H2,1-4H3,(H,29,30). The topological polar surface area (TPSA) is 47.6 Å². The molecule has 1 heterocycles. The van der Waals surface area contributed by atoms with Gasteiger partial charge in [-0.05, 0) is 40.2 Å². The summed E-state index contributed by atoms with van der Waals surface area (Å²) in [7, 11) is 0. The normalized spacial score (nSPS) is 14.9. The Morgan fingerprint density at radius 3 is 2.22 bits per heavy atom. The number of nitrogens with one attached hydrogen (secondary N) is 1. The highest BCUT2D eigenvalue weighted by molar-refractivity contribution is 5.87. The second-order valence-corrected chi connectivity index (χ2v) is 8.92. The van der Waals surface area contributed by atoms with Crippen molar-refractivity contribution in [3.05, 3.63) is 94.5 Å². The quantitative estimate of drug-likeness (QED) is 0.466. The number of anilines is 1. The van der Waals surface area contributed by atoms with E-state index in [-0.39, 0.29) is 12.5 Å². The average molecular weight is 430 g/mol. The highest BCUT2D eigenvalue weighted by atomic mass is 16.5. The van der Waals surface area contributed by atoms with Gasteiger partial charge >= 0.3 is 6.09 Å². The van der Waals surface area contributed by atoms with Crippen molar-refractivity contribution in [2.45, 2.75) is 52.1 Å². The van der Waals surface area contributed by atoms with Gasteiger partial charge in [0.15, 0.2) is 0 Å². The number of fused-ring (bicyclic) bond motifs is 2. The monoisotopic (exact) mass is 429 g/mol. The molecule has 0 aliphatic carbocycles. The van der Waals surface area contributed by atoms with Crippen LogP contribution in [0, 0.1) is 0 Å².